The monoisotopic (exact) mass is 191 g/mol. The van der Waals surface area contributed by atoms with Gasteiger partial charge in [0.05, 0.1) is 0 Å². The van der Waals surface area contributed by atoms with Crippen molar-refractivity contribution in [1.29, 1.82) is 0 Å². The molecule has 0 saturated heterocycles. The van der Waals surface area contributed by atoms with Crippen LogP contribution in [0.4, 0.5) is 0 Å². The van der Waals surface area contributed by atoms with Gasteiger partial charge in [-0.1, -0.05) is 13.8 Å². The normalized spacial score (nSPS) is 11.5. The number of alkyl halides is 1. The Labute approximate surface area is 82.1 Å². The summed E-state index contributed by atoms with van der Waals surface area (Å²) in [6.45, 7) is 6.96. The molecule has 0 rings (SSSR count). The zero-order valence-corrected chi connectivity index (χ0v) is 9.40. The third kappa shape index (κ3) is 8.35. The van der Waals surface area contributed by atoms with Crippen LogP contribution in [-0.2, 0) is 0 Å². The summed E-state index contributed by atoms with van der Waals surface area (Å²) in [6.07, 6.45) is 3.68. The second kappa shape index (κ2) is 7.88. The van der Waals surface area contributed by atoms with Gasteiger partial charge in [-0.15, -0.1) is 11.6 Å². The molecular weight excluding hydrogens is 170 g/mol. The van der Waals surface area contributed by atoms with Gasteiger partial charge in [0.15, 0.2) is 0 Å². The van der Waals surface area contributed by atoms with Crippen LogP contribution in [0.15, 0.2) is 0 Å². The Balaban J connectivity index is 3.15. The first-order chi connectivity index (χ1) is 5.66. The number of hydrogen-bond donors (Lipinski definition) is 0. The molecule has 0 aromatic heterocycles. The SMILES string of the molecule is CC(C)CCN(C)CCCCCl. The molecule has 0 unspecified atom stereocenters. The van der Waals surface area contributed by atoms with Crippen molar-refractivity contribution < 1.29 is 0 Å². The zero-order chi connectivity index (χ0) is 9.40. The predicted octanol–water partition coefficient (Wildman–Crippen LogP) is 2.98. The zero-order valence-electron chi connectivity index (χ0n) is 8.65. The highest BCUT2D eigenvalue weighted by Crippen LogP contribution is 2.01. The highest BCUT2D eigenvalue weighted by molar-refractivity contribution is 6.17. The Morgan fingerprint density at radius 2 is 1.83 bits per heavy atom. The molecule has 0 fully saturated rings. The summed E-state index contributed by atoms with van der Waals surface area (Å²) in [5.41, 5.74) is 0. The fraction of sp³-hybridized carbons (Fsp3) is 1.00. The molecule has 74 valence electrons. The Bertz CT molecular complexity index is 93.8. The molecule has 0 aliphatic heterocycles. The lowest BCUT2D eigenvalue weighted by Crippen LogP contribution is -2.22. The molecule has 12 heavy (non-hydrogen) atoms. The molecule has 0 spiro atoms. The van der Waals surface area contributed by atoms with E-state index in [9.17, 15) is 0 Å². The van der Waals surface area contributed by atoms with Crippen molar-refractivity contribution in [2.45, 2.75) is 33.1 Å². The Morgan fingerprint density at radius 3 is 2.33 bits per heavy atom. The van der Waals surface area contributed by atoms with Crippen molar-refractivity contribution in [3.05, 3.63) is 0 Å². The number of nitrogens with zero attached hydrogens (tertiary/aromatic N) is 1. The van der Waals surface area contributed by atoms with Gasteiger partial charge in [-0.05, 0) is 45.3 Å². The van der Waals surface area contributed by atoms with E-state index in [1.54, 1.807) is 0 Å². The maximum Gasteiger partial charge on any atom is 0.0223 e. The van der Waals surface area contributed by atoms with Crippen LogP contribution in [0.3, 0.4) is 0 Å². The Hall–Kier alpha value is 0.250. The summed E-state index contributed by atoms with van der Waals surface area (Å²) < 4.78 is 0. The summed E-state index contributed by atoms with van der Waals surface area (Å²) in [6, 6.07) is 0. The quantitative estimate of drug-likeness (QED) is 0.442. The molecule has 1 nitrogen and oxygen atoms in total. The largest absolute Gasteiger partial charge is 0.306 e. The molecule has 0 aliphatic rings. The van der Waals surface area contributed by atoms with Gasteiger partial charge in [-0.3, -0.25) is 0 Å². The molecule has 0 amide bonds. The van der Waals surface area contributed by atoms with Gasteiger partial charge in [0.25, 0.3) is 0 Å². The second-order valence-corrected chi connectivity index (χ2v) is 4.26. The van der Waals surface area contributed by atoms with E-state index in [-0.39, 0.29) is 0 Å². The second-order valence-electron chi connectivity index (χ2n) is 3.88. The number of unbranched alkanes of at least 4 members (excludes halogenated alkanes) is 1. The van der Waals surface area contributed by atoms with Crippen molar-refractivity contribution in [2.75, 3.05) is 26.0 Å². The average molecular weight is 192 g/mol. The summed E-state index contributed by atoms with van der Waals surface area (Å²) in [5.74, 6) is 1.62. The highest BCUT2D eigenvalue weighted by atomic mass is 35.5. The van der Waals surface area contributed by atoms with E-state index < -0.39 is 0 Å². The van der Waals surface area contributed by atoms with Crippen LogP contribution < -0.4 is 0 Å². The minimum Gasteiger partial charge on any atom is -0.306 e. The maximum absolute atomic E-state index is 5.59. The average Bonchev–Trinajstić information content (AvgIpc) is 2.01. The van der Waals surface area contributed by atoms with Gasteiger partial charge in [0.2, 0.25) is 0 Å². The molecule has 0 aliphatic carbocycles. The Kier molecular flexibility index (Phi) is 8.04. The first kappa shape index (κ1) is 12.2. The van der Waals surface area contributed by atoms with Crippen molar-refractivity contribution in [1.82, 2.24) is 4.90 Å². The van der Waals surface area contributed by atoms with Crippen molar-refractivity contribution in [3.8, 4) is 0 Å². The number of rotatable bonds is 7. The molecule has 0 heterocycles. The van der Waals surface area contributed by atoms with Crippen LogP contribution in [0.25, 0.3) is 0 Å². The standard InChI is InChI=1S/C10H22ClN/c1-10(2)6-9-12(3)8-5-4-7-11/h10H,4-9H2,1-3H3. The van der Waals surface area contributed by atoms with Crippen molar-refractivity contribution in [2.24, 2.45) is 5.92 Å². The fourth-order valence-corrected chi connectivity index (χ4v) is 1.26. The first-order valence-corrected chi connectivity index (χ1v) is 5.44. The smallest absolute Gasteiger partial charge is 0.0223 e. The Morgan fingerprint density at radius 1 is 1.17 bits per heavy atom. The van der Waals surface area contributed by atoms with E-state index >= 15 is 0 Å². The minimum atomic E-state index is 0.804. The van der Waals surface area contributed by atoms with Crippen LogP contribution in [0.2, 0.25) is 0 Å². The molecular formula is C10H22ClN. The molecule has 0 radical (unpaired) electrons. The third-order valence-electron chi connectivity index (χ3n) is 2.01. The molecule has 0 bridgehead atoms. The van der Waals surface area contributed by atoms with E-state index in [1.807, 2.05) is 0 Å². The van der Waals surface area contributed by atoms with E-state index in [1.165, 1.54) is 25.9 Å². The van der Waals surface area contributed by atoms with Gasteiger partial charge in [0, 0.05) is 5.88 Å². The highest BCUT2D eigenvalue weighted by Gasteiger charge is 1.99. The van der Waals surface area contributed by atoms with Crippen LogP contribution >= 0.6 is 11.6 Å². The molecule has 0 N–H and O–H groups in total. The van der Waals surface area contributed by atoms with Crippen LogP contribution in [0.5, 0.6) is 0 Å². The summed E-state index contributed by atoms with van der Waals surface area (Å²) in [4.78, 5) is 2.40. The fourth-order valence-electron chi connectivity index (χ4n) is 1.07. The van der Waals surface area contributed by atoms with Gasteiger partial charge in [-0.25, -0.2) is 0 Å². The summed E-state index contributed by atoms with van der Waals surface area (Å²) in [7, 11) is 2.19. The van der Waals surface area contributed by atoms with E-state index in [0.29, 0.717) is 0 Å². The van der Waals surface area contributed by atoms with Gasteiger partial charge in [-0.2, -0.15) is 0 Å². The van der Waals surface area contributed by atoms with Crippen LogP contribution in [0, 0.1) is 5.92 Å². The third-order valence-corrected chi connectivity index (χ3v) is 2.28. The van der Waals surface area contributed by atoms with E-state index in [2.05, 4.69) is 25.8 Å². The predicted molar refractivity (Wildman–Crippen MR) is 56.9 cm³/mol. The maximum atomic E-state index is 5.59. The summed E-state index contributed by atoms with van der Waals surface area (Å²) >= 11 is 5.59. The minimum absolute atomic E-state index is 0.804. The van der Waals surface area contributed by atoms with E-state index in [4.69, 9.17) is 11.6 Å². The lowest BCUT2D eigenvalue weighted by Gasteiger charge is -2.17. The lowest BCUT2D eigenvalue weighted by molar-refractivity contribution is 0.306. The van der Waals surface area contributed by atoms with Crippen molar-refractivity contribution in [3.63, 3.8) is 0 Å². The summed E-state index contributed by atoms with van der Waals surface area (Å²) in [5, 5.41) is 0. The van der Waals surface area contributed by atoms with Crippen LogP contribution in [0.1, 0.15) is 33.1 Å². The topological polar surface area (TPSA) is 3.24 Å². The molecule has 0 aromatic carbocycles. The van der Waals surface area contributed by atoms with E-state index in [0.717, 1.165) is 18.2 Å². The number of hydrogen-bond acceptors (Lipinski definition) is 1. The van der Waals surface area contributed by atoms with Crippen LogP contribution in [-0.4, -0.2) is 30.9 Å². The molecule has 0 atom stereocenters. The van der Waals surface area contributed by atoms with Crippen molar-refractivity contribution >= 4 is 11.6 Å². The molecule has 0 saturated carbocycles. The van der Waals surface area contributed by atoms with Gasteiger partial charge in [0.1, 0.15) is 0 Å². The first-order valence-electron chi connectivity index (χ1n) is 4.91. The molecule has 2 heteroatoms. The van der Waals surface area contributed by atoms with Gasteiger partial charge < -0.3 is 4.90 Å². The van der Waals surface area contributed by atoms with Gasteiger partial charge >= 0.3 is 0 Å². The lowest BCUT2D eigenvalue weighted by atomic mass is 10.1. The molecule has 0 aromatic rings. The number of halogens is 1.